The van der Waals surface area contributed by atoms with Crippen LogP contribution in [-0.2, 0) is 0 Å². The van der Waals surface area contributed by atoms with E-state index >= 15 is 0 Å². The molecule has 0 N–H and O–H groups in total. The van der Waals surface area contributed by atoms with Crippen LogP contribution < -0.4 is 0 Å². The van der Waals surface area contributed by atoms with Crippen LogP contribution in [0.5, 0.6) is 0 Å². The molecule has 0 saturated heterocycles. The van der Waals surface area contributed by atoms with E-state index in [0.717, 1.165) is 21.6 Å². The Morgan fingerprint density at radius 3 is 2.05 bits per heavy atom. The summed E-state index contributed by atoms with van der Waals surface area (Å²) in [5, 5.41) is 11.5. The van der Waals surface area contributed by atoms with Crippen molar-refractivity contribution in [3.8, 4) is 6.07 Å². The zero-order chi connectivity index (χ0) is 14.5. The van der Waals surface area contributed by atoms with E-state index in [1.807, 2.05) is 54.0 Å². The van der Waals surface area contributed by atoms with Crippen LogP contribution >= 0.6 is 11.8 Å². The van der Waals surface area contributed by atoms with Crippen LogP contribution in [0.25, 0.3) is 10.5 Å². The third-order valence-corrected chi connectivity index (χ3v) is 4.21. The predicted molar refractivity (Wildman–Crippen MR) is 90.1 cm³/mol. The molecule has 3 rings (SSSR count). The summed E-state index contributed by atoms with van der Waals surface area (Å²) < 4.78 is 0. The molecule has 0 unspecified atom stereocenters. The van der Waals surface area contributed by atoms with Crippen molar-refractivity contribution in [1.29, 1.82) is 5.26 Å². The number of allylic oxidation sites excluding steroid dienone is 4. The molecule has 0 bridgehead atoms. The third kappa shape index (κ3) is 2.84. The summed E-state index contributed by atoms with van der Waals surface area (Å²) in [6.07, 6.45) is 3.81. The Kier molecular flexibility index (Phi) is 4.04. The van der Waals surface area contributed by atoms with Crippen LogP contribution in [0.4, 0.5) is 0 Å². The molecule has 1 aliphatic heterocycles. The summed E-state index contributed by atoms with van der Waals surface area (Å²) in [5.74, 6) is 0. The van der Waals surface area contributed by atoms with E-state index in [4.69, 9.17) is 0 Å². The van der Waals surface area contributed by atoms with Crippen molar-refractivity contribution in [2.75, 3.05) is 0 Å². The van der Waals surface area contributed by atoms with E-state index in [2.05, 4.69) is 30.3 Å². The number of hydrogen-bond acceptors (Lipinski definition) is 2. The van der Waals surface area contributed by atoms with Gasteiger partial charge in [0.1, 0.15) is 0 Å². The molecule has 21 heavy (non-hydrogen) atoms. The number of thioether (sulfide) groups is 1. The van der Waals surface area contributed by atoms with E-state index in [-0.39, 0.29) is 0 Å². The Morgan fingerprint density at radius 1 is 0.810 bits per heavy atom. The van der Waals surface area contributed by atoms with Crippen LogP contribution in [0.3, 0.4) is 0 Å². The zero-order valence-corrected chi connectivity index (χ0v) is 12.2. The molecule has 2 aromatic carbocycles. The van der Waals surface area contributed by atoms with Crippen molar-refractivity contribution < 1.29 is 0 Å². The van der Waals surface area contributed by atoms with Gasteiger partial charge in [0.25, 0.3) is 0 Å². The molecular formula is C19H13NS. The minimum absolute atomic E-state index is 0.696. The fourth-order valence-corrected chi connectivity index (χ4v) is 3.20. The van der Waals surface area contributed by atoms with Crippen LogP contribution in [-0.4, -0.2) is 0 Å². The highest BCUT2D eigenvalue weighted by atomic mass is 32.2. The van der Waals surface area contributed by atoms with Gasteiger partial charge in [-0.3, -0.25) is 0 Å². The summed E-state index contributed by atoms with van der Waals surface area (Å²) >= 11 is 1.66. The zero-order valence-electron chi connectivity index (χ0n) is 11.4. The van der Waals surface area contributed by atoms with Crippen molar-refractivity contribution in [3.05, 3.63) is 94.9 Å². The van der Waals surface area contributed by atoms with Gasteiger partial charge in [0.05, 0.1) is 11.6 Å². The van der Waals surface area contributed by atoms with Gasteiger partial charge in [-0.2, -0.15) is 5.26 Å². The van der Waals surface area contributed by atoms with Crippen molar-refractivity contribution in [2.45, 2.75) is 0 Å². The second kappa shape index (κ2) is 6.30. The molecule has 100 valence electrons. The summed E-state index contributed by atoms with van der Waals surface area (Å²) in [5.41, 5.74) is 3.90. The van der Waals surface area contributed by atoms with Crippen LogP contribution in [0, 0.1) is 11.3 Å². The fraction of sp³-hybridized carbons (Fsp3) is 0. The molecule has 0 aliphatic carbocycles. The Bertz CT molecular complexity index is 762. The van der Waals surface area contributed by atoms with Gasteiger partial charge in [-0.05, 0) is 22.6 Å². The maximum atomic E-state index is 9.52. The van der Waals surface area contributed by atoms with Crippen molar-refractivity contribution >= 4 is 22.2 Å². The molecule has 1 heterocycles. The molecule has 0 radical (unpaired) electrons. The van der Waals surface area contributed by atoms with E-state index in [9.17, 15) is 5.26 Å². The van der Waals surface area contributed by atoms with Gasteiger partial charge in [-0.15, -0.1) is 0 Å². The van der Waals surface area contributed by atoms with Gasteiger partial charge in [0.15, 0.2) is 0 Å². The molecular weight excluding hydrogens is 274 g/mol. The highest BCUT2D eigenvalue weighted by molar-refractivity contribution is 8.11. The Balaban J connectivity index is 2.27. The van der Waals surface area contributed by atoms with Gasteiger partial charge in [-0.25, -0.2) is 0 Å². The smallest absolute Gasteiger partial charge is 0.0998 e. The number of rotatable bonds is 2. The summed E-state index contributed by atoms with van der Waals surface area (Å²) in [4.78, 5) is 1.11. The summed E-state index contributed by atoms with van der Waals surface area (Å²) in [7, 11) is 0. The fourth-order valence-electron chi connectivity index (χ4n) is 2.29. The summed E-state index contributed by atoms with van der Waals surface area (Å²) in [6.45, 7) is 0. The van der Waals surface area contributed by atoms with Crippen LogP contribution in [0.15, 0.2) is 83.8 Å². The van der Waals surface area contributed by atoms with E-state index in [0.29, 0.717) is 5.57 Å². The first-order valence-electron chi connectivity index (χ1n) is 6.69. The largest absolute Gasteiger partial charge is 0.192 e. The Hall–Kier alpha value is -2.50. The second-order valence-electron chi connectivity index (χ2n) is 4.57. The second-order valence-corrected chi connectivity index (χ2v) is 5.49. The first kappa shape index (κ1) is 13.5. The third-order valence-electron chi connectivity index (χ3n) is 3.24. The maximum absolute atomic E-state index is 9.52. The molecule has 0 amide bonds. The monoisotopic (exact) mass is 287 g/mol. The maximum Gasteiger partial charge on any atom is 0.0998 e. The normalized spacial score (nSPS) is 14.3. The minimum Gasteiger partial charge on any atom is -0.192 e. The molecule has 0 atom stereocenters. The van der Waals surface area contributed by atoms with E-state index < -0.39 is 0 Å². The number of hydrogen-bond donors (Lipinski definition) is 0. The Morgan fingerprint density at radius 2 is 1.43 bits per heavy atom. The van der Waals surface area contributed by atoms with Gasteiger partial charge in [0.2, 0.25) is 0 Å². The lowest BCUT2D eigenvalue weighted by atomic mass is 9.95. The predicted octanol–water partition coefficient (Wildman–Crippen LogP) is 5.27. The van der Waals surface area contributed by atoms with Gasteiger partial charge in [-0.1, -0.05) is 78.5 Å². The Labute approximate surface area is 128 Å². The highest BCUT2D eigenvalue weighted by Gasteiger charge is 2.16. The van der Waals surface area contributed by atoms with Crippen LogP contribution in [0.2, 0.25) is 0 Å². The topological polar surface area (TPSA) is 23.8 Å². The molecule has 1 nitrogen and oxygen atoms in total. The minimum atomic E-state index is 0.696. The number of nitriles is 1. The van der Waals surface area contributed by atoms with Crippen LogP contribution in [0.1, 0.15) is 11.1 Å². The van der Waals surface area contributed by atoms with E-state index in [1.54, 1.807) is 11.8 Å². The van der Waals surface area contributed by atoms with Crippen molar-refractivity contribution in [1.82, 2.24) is 0 Å². The lowest BCUT2D eigenvalue weighted by Gasteiger charge is -2.13. The summed E-state index contributed by atoms with van der Waals surface area (Å²) in [6, 6.07) is 22.6. The van der Waals surface area contributed by atoms with E-state index in [1.165, 1.54) is 0 Å². The SMILES string of the molecule is N#CC1=CC=CSC(c2ccccc2)=C1c1ccccc1. The quantitative estimate of drug-likeness (QED) is 0.751. The lowest BCUT2D eigenvalue weighted by Crippen LogP contribution is -1.92. The molecule has 1 aliphatic rings. The standard InChI is InChI=1S/C19H13NS/c20-14-17-12-7-13-21-19(16-10-5-2-6-11-16)18(17)15-8-3-1-4-9-15/h1-13H. The molecule has 0 saturated carbocycles. The molecule has 2 heteroatoms. The molecule has 0 spiro atoms. The first-order chi connectivity index (χ1) is 10.4. The molecule has 0 aromatic heterocycles. The number of benzene rings is 2. The van der Waals surface area contributed by atoms with Gasteiger partial charge in [0, 0.05) is 10.5 Å². The average Bonchev–Trinajstić information content (AvgIpc) is 2.78. The lowest BCUT2D eigenvalue weighted by molar-refractivity contribution is 1.49. The van der Waals surface area contributed by atoms with Crippen molar-refractivity contribution in [3.63, 3.8) is 0 Å². The highest BCUT2D eigenvalue weighted by Crippen LogP contribution is 2.41. The van der Waals surface area contributed by atoms with Gasteiger partial charge < -0.3 is 0 Å². The molecule has 0 fully saturated rings. The van der Waals surface area contributed by atoms with Gasteiger partial charge >= 0.3 is 0 Å². The first-order valence-corrected chi connectivity index (χ1v) is 7.57. The average molecular weight is 287 g/mol. The molecule has 2 aromatic rings. The van der Waals surface area contributed by atoms with Crippen molar-refractivity contribution in [2.24, 2.45) is 0 Å². The number of nitrogens with zero attached hydrogens (tertiary/aromatic N) is 1.